The fraction of sp³-hybridized carbons (Fsp3) is 0.750. The van der Waals surface area contributed by atoms with Crippen molar-refractivity contribution in [1.82, 2.24) is 14.9 Å². The van der Waals surface area contributed by atoms with Crippen molar-refractivity contribution in [3.05, 3.63) is 18.2 Å². The van der Waals surface area contributed by atoms with Crippen LogP contribution in [0.3, 0.4) is 0 Å². The van der Waals surface area contributed by atoms with Gasteiger partial charge in [-0.1, -0.05) is 20.8 Å². The van der Waals surface area contributed by atoms with Crippen LogP contribution in [0.4, 0.5) is 0 Å². The molecule has 0 radical (unpaired) electrons. The Kier molecular flexibility index (Phi) is 4.33. The second-order valence-electron chi connectivity index (χ2n) is 4.90. The molecule has 1 N–H and O–H groups in total. The monoisotopic (exact) mass is 209 g/mol. The maximum absolute atomic E-state index is 4.29. The number of rotatable bonds is 6. The molecule has 1 aromatic heterocycles. The van der Waals surface area contributed by atoms with Crippen LogP contribution in [0.15, 0.2) is 12.4 Å². The van der Waals surface area contributed by atoms with Crippen molar-refractivity contribution in [3.8, 4) is 0 Å². The fourth-order valence-corrected chi connectivity index (χ4v) is 1.39. The molecule has 0 aliphatic rings. The molecule has 1 aromatic rings. The number of hydrogen-bond donors (Lipinski definition) is 1. The van der Waals surface area contributed by atoms with Crippen molar-refractivity contribution in [3.63, 3.8) is 0 Å². The van der Waals surface area contributed by atoms with Gasteiger partial charge in [0.1, 0.15) is 5.82 Å². The number of nitrogens with zero attached hydrogens (tertiary/aromatic N) is 2. The summed E-state index contributed by atoms with van der Waals surface area (Å²) in [6.07, 6.45) is 6.06. The largest absolute Gasteiger partial charge is 0.338 e. The van der Waals surface area contributed by atoms with E-state index in [2.05, 4.69) is 35.6 Å². The maximum Gasteiger partial charge on any atom is 0.109 e. The molecule has 0 aromatic carbocycles. The van der Waals surface area contributed by atoms with Crippen molar-refractivity contribution in [2.24, 2.45) is 12.5 Å². The molecule has 3 heteroatoms. The van der Waals surface area contributed by atoms with Crippen molar-refractivity contribution < 1.29 is 0 Å². The lowest BCUT2D eigenvalue weighted by Crippen LogP contribution is -2.30. The first-order chi connectivity index (χ1) is 7.05. The molecule has 0 atom stereocenters. The van der Waals surface area contributed by atoms with Crippen LogP contribution in [-0.2, 0) is 13.5 Å². The molecule has 0 unspecified atom stereocenters. The van der Waals surface area contributed by atoms with Crippen LogP contribution in [-0.4, -0.2) is 22.6 Å². The highest BCUT2D eigenvalue weighted by molar-refractivity contribution is 4.91. The molecule has 15 heavy (non-hydrogen) atoms. The third kappa shape index (κ3) is 4.04. The second-order valence-corrected chi connectivity index (χ2v) is 4.90. The van der Waals surface area contributed by atoms with Crippen molar-refractivity contribution >= 4 is 0 Å². The quantitative estimate of drug-likeness (QED) is 0.726. The Hall–Kier alpha value is -0.830. The summed E-state index contributed by atoms with van der Waals surface area (Å²) in [4.78, 5) is 4.29. The zero-order chi connectivity index (χ0) is 11.3. The van der Waals surface area contributed by atoms with Gasteiger partial charge in [-0.15, -0.1) is 0 Å². The summed E-state index contributed by atoms with van der Waals surface area (Å²) < 4.78 is 2.08. The highest BCUT2D eigenvalue weighted by atomic mass is 15.0. The topological polar surface area (TPSA) is 29.9 Å². The minimum atomic E-state index is 0.404. The number of aromatic nitrogens is 2. The first kappa shape index (κ1) is 12.2. The summed E-state index contributed by atoms with van der Waals surface area (Å²) in [5.74, 6) is 1.15. The molecule has 0 aliphatic carbocycles. The Labute approximate surface area is 92.9 Å². The van der Waals surface area contributed by atoms with Gasteiger partial charge in [-0.3, -0.25) is 0 Å². The molecule has 86 valence electrons. The van der Waals surface area contributed by atoms with Crippen LogP contribution in [0.25, 0.3) is 0 Å². The standard InChI is InChI=1S/C12H23N3/c1-5-12(2,3)10-13-7-6-11-14-8-9-15(11)4/h8-9,13H,5-7,10H2,1-4H3. The average molecular weight is 209 g/mol. The van der Waals surface area contributed by atoms with E-state index in [1.165, 1.54) is 6.42 Å². The molecule has 0 spiro atoms. The third-order valence-electron chi connectivity index (χ3n) is 3.01. The molecule has 0 saturated heterocycles. The summed E-state index contributed by atoms with van der Waals surface area (Å²) in [7, 11) is 2.04. The van der Waals surface area contributed by atoms with Crippen LogP contribution in [0.2, 0.25) is 0 Å². The molecule has 0 aliphatic heterocycles. The molecule has 1 rings (SSSR count). The van der Waals surface area contributed by atoms with Crippen LogP contribution >= 0.6 is 0 Å². The van der Waals surface area contributed by atoms with Gasteiger partial charge in [-0.25, -0.2) is 4.98 Å². The molecule has 0 bridgehead atoms. The first-order valence-corrected chi connectivity index (χ1v) is 5.72. The summed E-state index contributed by atoms with van der Waals surface area (Å²) in [5.41, 5.74) is 0.404. The number of imidazole rings is 1. The van der Waals surface area contributed by atoms with Gasteiger partial charge in [0.2, 0.25) is 0 Å². The van der Waals surface area contributed by atoms with Gasteiger partial charge < -0.3 is 9.88 Å². The Morgan fingerprint density at radius 1 is 1.47 bits per heavy atom. The lowest BCUT2D eigenvalue weighted by Gasteiger charge is -2.22. The van der Waals surface area contributed by atoms with Gasteiger partial charge in [-0.05, 0) is 11.8 Å². The van der Waals surface area contributed by atoms with E-state index in [1.807, 2.05) is 19.4 Å². The smallest absolute Gasteiger partial charge is 0.109 e. The number of nitrogens with one attached hydrogen (secondary N) is 1. The number of hydrogen-bond acceptors (Lipinski definition) is 2. The number of aryl methyl sites for hydroxylation is 1. The SMILES string of the molecule is CCC(C)(C)CNCCc1nccn1C. The maximum atomic E-state index is 4.29. The average Bonchev–Trinajstić information content (AvgIpc) is 2.59. The Morgan fingerprint density at radius 3 is 2.73 bits per heavy atom. The molecular formula is C12H23N3. The van der Waals surface area contributed by atoms with Crippen LogP contribution in [0.5, 0.6) is 0 Å². The molecule has 0 fully saturated rings. The zero-order valence-corrected chi connectivity index (χ0v) is 10.4. The lowest BCUT2D eigenvalue weighted by molar-refractivity contribution is 0.329. The molecule has 0 saturated carbocycles. The van der Waals surface area contributed by atoms with Crippen molar-refractivity contribution in [2.45, 2.75) is 33.6 Å². The first-order valence-electron chi connectivity index (χ1n) is 5.72. The van der Waals surface area contributed by atoms with Crippen molar-refractivity contribution in [2.75, 3.05) is 13.1 Å². The Morgan fingerprint density at radius 2 is 2.20 bits per heavy atom. The van der Waals surface area contributed by atoms with E-state index in [4.69, 9.17) is 0 Å². The molecule has 3 nitrogen and oxygen atoms in total. The normalized spacial score (nSPS) is 12.0. The predicted molar refractivity (Wildman–Crippen MR) is 63.9 cm³/mol. The van der Waals surface area contributed by atoms with Crippen LogP contribution in [0, 0.1) is 5.41 Å². The van der Waals surface area contributed by atoms with E-state index in [1.54, 1.807) is 0 Å². The molecule has 1 heterocycles. The zero-order valence-electron chi connectivity index (χ0n) is 10.4. The van der Waals surface area contributed by atoms with E-state index in [0.29, 0.717) is 5.41 Å². The molecule has 0 amide bonds. The van der Waals surface area contributed by atoms with Gasteiger partial charge in [-0.2, -0.15) is 0 Å². The minimum Gasteiger partial charge on any atom is -0.338 e. The van der Waals surface area contributed by atoms with Gasteiger partial charge in [0.25, 0.3) is 0 Å². The second kappa shape index (κ2) is 5.31. The summed E-state index contributed by atoms with van der Waals surface area (Å²) >= 11 is 0. The van der Waals surface area contributed by atoms with Crippen LogP contribution < -0.4 is 5.32 Å². The van der Waals surface area contributed by atoms with E-state index in [9.17, 15) is 0 Å². The van der Waals surface area contributed by atoms with Gasteiger partial charge >= 0.3 is 0 Å². The van der Waals surface area contributed by atoms with Gasteiger partial charge in [0, 0.05) is 39.0 Å². The summed E-state index contributed by atoms with van der Waals surface area (Å²) in [5, 5.41) is 3.49. The van der Waals surface area contributed by atoms with E-state index < -0.39 is 0 Å². The predicted octanol–water partition coefficient (Wildman–Crippen LogP) is 1.99. The van der Waals surface area contributed by atoms with E-state index >= 15 is 0 Å². The van der Waals surface area contributed by atoms with Crippen molar-refractivity contribution in [1.29, 1.82) is 0 Å². The highest BCUT2D eigenvalue weighted by Crippen LogP contribution is 2.17. The van der Waals surface area contributed by atoms with E-state index in [-0.39, 0.29) is 0 Å². The minimum absolute atomic E-state index is 0.404. The van der Waals surface area contributed by atoms with E-state index in [0.717, 1.165) is 25.3 Å². The highest BCUT2D eigenvalue weighted by Gasteiger charge is 2.13. The summed E-state index contributed by atoms with van der Waals surface area (Å²) in [6.45, 7) is 8.91. The Balaban J connectivity index is 2.20. The van der Waals surface area contributed by atoms with Gasteiger partial charge in [0.05, 0.1) is 0 Å². The molecular weight excluding hydrogens is 186 g/mol. The summed E-state index contributed by atoms with van der Waals surface area (Å²) in [6, 6.07) is 0. The van der Waals surface area contributed by atoms with Crippen LogP contribution in [0.1, 0.15) is 33.0 Å². The lowest BCUT2D eigenvalue weighted by atomic mass is 9.90. The third-order valence-corrected chi connectivity index (χ3v) is 3.01. The Bertz CT molecular complexity index is 289. The fourth-order valence-electron chi connectivity index (χ4n) is 1.39. The van der Waals surface area contributed by atoms with Gasteiger partial charge in [0.15, 0.2) is 0 Å².